The average molecular weight is 363 g/mol. The molecule has 25 heavy (non-hydrogen) atoms. The number of piperidine rings is 1. The Bertz CT molecular complexity index is 787. The third-order valence-corrected chi connectivity index (χ3v) is 4.22. The Labute approximate surface area is 148 Å². The van der Waals surface area contributed by atoms with Crippen molar-refractivity contribution < 1.29 is 14.5 Å². The Morgan fingerprint density at radius 3 is 2.96 bits per heavy atom. The van der Waals surface area contributed by atoms with Crippen LogP contribution in [0.4, 0.5) is 5.69 Å². The Morgan fingerprint density at radius 1 is 1.40 bits per heavy atom. The molecule has 0 spiro atoms. The zero-order valence-corrected chi connectivity index (χ0v) is 13.9. The number of nitrogens with zero attached hydrogens (tertiary/aromatic N) is 4. The number of rotatable bonds is 4. The summed E-state index contributed by atoms with van der Waals surface area (Å²) in [4.78, 5) is 32.5. The quantitative estimate of drug-likeness (QED) is 0.612. The molecular formula is C16H15ClN4O4. The molecule has 1 fully saturated rings. The van der Waals surface area contributed by atoms with Crippen LogP contribution in [0.3, 0.4) is 0 Å². The van der Waals surface area contributed by atoms with E-state index >= 15 is 0 Å². The van der Waals surface area contributed by atoms with Gasteiger partial charge in [0, 0.05) is 30.4 Å². The number of halogens is 1. The van der Waals surface area contributed by atoms with Gasteiger partial charge in [0.15, 0.2) is 0 Å². The summed E-state index contributed by atoms with van der Waals surface area (Å²) >= 11 is 5.80. The van der Waals surface area contributed by atoms with E-state index in [-0.39, 0.29) is 28.3 Å². The number of benzene rings is 1. The van der Waals surface area contributed by atoms with Crippen molar-refractivity contribution in [2.24, 2.45) is 0 Å². The Hall–Kier alpha value is -2.74. The summed E-state index contributed by atoms with van der Waals surface area (Å²) < 4.78 is 5.78. The van der Waals surface area contributed by atoms with Crippen LogP contribution in [-0.4, -0.2) is 44.9 Å². The zero-order chi connectivity index (χ0) is 17.8. The van der Waals surface area contributed by atoms with Crippen LogP contribution in [0.5, 0.6) is 5.88 Å². The van der Waals surface area contributed by atoms with Crippen LogP contribution in [-0.2, 0) is 0 Å². The Morgan fingerprint density at radius 2 is 2.24 bits per heavy atom. The molecule has 1 unspecified atom stereocenters. The van der Waals surface area contributed by atoms with E-state index in [0.717, 1.165) is 12.8 Å². The van der Waals surface area contributed by atoms with Crippen molar-refractivity contribution in [3.05, 3.63) is 57.5 Å². The van der Waals surface area contributed by atoms with E-state index in [1.54, 1.807) is 17.2 Å². The summed E-state index contributed by atoms with van der Waals surface area (Å²) in [6.45, 7) is 0.956. The van der Waals surface area contributed by atoms with Crippen molar-refractivity contribution in [3.63, 3.8) is 0 Å². The molecule has 130 valence electrons. The van der Waals surface area contributed by atoms with E-state index in [4.69, 9.17) is 16.3 Å². The fourth-order valence-electron chi connectivity index (χ4n) is 2.71. The average Bonchev–Trinajstić information content (AvgIpc) is 2.62. The number of amides is 1. The molecule has 1 amide bonds. The number of hydrogen-bond donors (Lipinski definition) is 0. The molecular weight excluding hydrogens is 348 g/mol. The van der Waals surface area contributed by atoms with Gasteiger partial charge in [0.05, 0.1) is 11.5 Å². The predicted octanol–water partition coefficient (Wildman–Crippen LogP) is 2.72. The standard InChI is InChI=1S/C16H15ClN4O4/c17-13-4-3-11(8-14(13)21(23)24)16(22)20-7-1-2-12(9-20)25-15-5-6-18-10-19-15/h3-6,8,10,12H,1-2,7,9H2. The molecule has 8 nitrogen and oxygen atoms in total. The third-order valence-electron chi connectivity index (χ3n) is 3.90. The number of ether oxygens (including phenoxy) is 1. The maximum absolute atomic E-state index is 12.7. The van der Waals surface area contributed by atoms with Gasteiger partial charge in [-0.15, -0.1) is 0 Å². The highest BCUT2D eigenvalue weighted by Gasteiger charge is 2.27. The Balaban J connectivity index is 1.72. The van der Waals surface area contributed by atoms with Crippen molar-refractivity contribution in [1.82, 2.24) is 14.9 Å². The van der Waals surface area contributed by atoms with E-state index in [9.17, 15) is 14.9 Å². The maximum atomic E-state index is 12.7. The lowest BCUT2D eigenvalue weighted by Gasteiger charge is -2.32. The highest BCUT2D eigenvalue weighted by Crippen LogP contribution is 2.26. The second kappa shape index (κ2) is 7.43. The van der Waals surface area contributed by atoms with Gasteiger partial charge in [-0.25, -0.2) is 9.97 Å². The van der Waals surface area contributed by atoms with Crippen LogP contribution in [0.2, 0.25) is 5.02 Å². The van der Waals surface area contributed by atoms with Gasteiger partial charge in [-0.3, -0.25) is 14.9 Å². The van der Waals surface area contributed by atoms with E-state index in [1.165, 1.54) is 24.5 Å². The summed E-state index contributed by atoms with van der Waals surface area (Å²) in [7, 11) is 0. The monoisotopic (exact) mass is 362 g/mol. The fraction of sp³-hybridized carbons (Fsp3) is 0.312. The van der Waals surface area contributed by atoms with Crippen LogP contribution in [0, 0.1) is 10.1 Å². The van der Waals surface area contributed by atoms with Gasteiger partial charge in [-0.2, -0.15) is 0 Å². The van der Waals surface area contributed by atoms with Gasteiger partial charge < -0.3 is 9.64 Å². The SMILES string of the molecule is O=C(c1ccc(Cl)c([N+](=O)[O-])c1)N1CCCC(Oc2ccncn2)C1. The van der Waals surface area contributed by atoms with Gasteiger partial charge in [-0.05, 0) is 25.0 Å². The van der Waals surface area contributed by atoms with Crippen LogP contribution in [0.25, 0.3) is 0 Å². The molecule has 0 bridgehead atoms. The second-order valence-corrected chi connectivity index (χ2v) is 6.01. The van der Waals surface area contributed by atoms with Gasteiger partial charge in [0.25, 0.3) is 11.6 Å². The highest BCUT2D eigenvalue weighted by atomic mass is 35.5. The molecule has 0 aliphatic carbocycles. The van der Waals surface area contributed by atoms with E-state index in [0.29, 0.717) is 19.0 Å². The summed E-state index contributed by atoms with van der Waals surface area (Å²) in [6, 6.07) is 5.72. The Kier molecular flexibility index (Phi) is 5.08. The van der Waals surface area contributed by atoms with Gasteiger partial charge in [0.1, 0.15) is 17.5 Å². The van der Waals surface area contributed by atoms with E-state index < -0.39 is 4.92 Å². The molecule has 1 saturated heterocycles. The largest absolute Gasteiger partial charge is 0.472 e. The number of hydrogen-bond acceptors (Lipinski definition) is 6. The maximum Gasteiger partial charge on any atom is 0.288 e. The topological polar surface area (TPSA) is 98.5 Å². The van der Waals surface area contributed by atoms with Gasteiger partial charge >= 0.3 is 0 Å². The lowest BCUT2D eigenvalue weighted by Crippen LogP contribution is -2.44. The first-order chi connectivity index (χ1) is 12.0. The lowest BCUT2D eigenvalue weighted by molar-refractivity contribution is -0.384. The van der Waals surface area contributed by atoms with Crippen molar-refractivity contribution in [3.8, 4) is 5.88 Å². The number of nitro benzene ring substituents is 1. The third kappa shape index (κ3) is 4.03. The number of carbonyl (C=O) groups excluding carboxylic acids is 1. The summed E-state index contributed by atoms with van der Waals surface area (Å²) in [5, 5.41) is 11.0. The zero-order valence-electron chi connectivity index (χ0n) is 13.2. The molecule has 0 N–H and O–H groups in total. The first-order valence-electron chi connectivity index (χ1n) is 7.70. The van der Waals surface area contributed by atoms with E-state index in [1.807, 2.05) is 0 Å². The molecule has 1 atom stereocenters. The molecule has 0 radical (unpaired) electrons. The second-order valence-electron chi connectivity index (χ2n) is 5.60. The van der Waals surface area contributed by atoms with E-state index in [2.05, 4.69) is 9.97 Å². The molecule has 1 aliphatic heterocycles. The van der Waals surface area contributed by atoms with Crippen molar-refractivity contribution >= 4 is 23.2 Å². The summed E-state index contributed by atoms with van der Waals surface area (Å²) in [6.07, 6.45) is 4.37. The molecule has 9 heteroatoms. The first kappa shape index (κ1) is 17.1. The van der Waals surface area contributed by atoms with Gasteiger partial charge in [-0.1, -0.05) is 11.6 Å². The fourth-order valence-corrected chi connectivity index (χ4v) is 2.89. The molecule has 0 saturated carbocycles. The minimum absolute atomic E-state index is 0.00478. The summed E-state index contributed by atoms with van der Waals surface area (Å²) in [5.41, 5.74) is -0.0444. The number of aromatic nitrogens is 2. The molecule has 1 aromatic carbocycles. The highest BCUT2D eigenvalue weighted by molar-refractivity contribution is 6.32. The summed E-state index contributed by atoms with van der Waals surface area (Å²) in [5.74, 6) is 0.173. The first-order valence-corrected chi connectivity index (χ1v) is 8.08. The van der Waals surface area contributed by atoms with Crippen LogP contribution in [0.15, 0.2) is 36.8 Å². The minimum Gasteiger partial charge on any atom is -0.472 e. The number of nitro groups is 1. The number of carbonyl (C=O) groups is 1. The van der Waals surface area contributed by atoms with Gasteiger partial charge in [0.2, 0.25) is 5.88 Å². The molecule has 3 rings (SSSR count). The van der Waals surface area contributed by atoms with Crippen molar-refractivity contribution in [1.29, 1.82) is 0 Å². The smallest absolute Gasteiger partial charge is 0.288 e. The van der Waals surface area contributed by atoms with Crippen molar-refractivity contribution in [2.75, 3.05) is 13.1 Å². The van der Waals surface area contributed by atoms with Crippen LogP contribution in [0.1, 0.15) is 23.2 Å². The molecule has 1 aliphatic rings. The predicted molar refractivity (Wildman–Crippen MR) is 89.7 cm³/mol. The van der Waals surface area contributed by atoms with Crippen molar-refractivity contribution in [2.45, 2.75) is 18.9 Å². The molecule has 1 aromatic heterocycles. The molecule has 2 heterocycles. The normalized spacial score (nSPS) is 17.2. The number of likely N-dealkylation sites (tertiary alicyclic amines) is 1. The van der Waals surface area contributed by atoms with Crippen LogP contribution >= 0.6 is 11.6 Å². The lowest BCUT2D eigenvalue weighted by atomic mass is 10.1. The minimum atomic E-state index is -0.601. The van der Waals surface area contributed by atoms with Crippen LogP contribution < -0.4 is 4.74 Å². The molecule has 2 aromatic rings.